The summed E-state index contributed by atoms with van der Waals surface area (Å²) in [5.74, 6) is 0.993. The van der Waals surface area contributed by atoms with E-state index < -0.39 is 0 Å². The Hall–Kier alpha value is -1.88. The fourth-order valence-electron chi connectivity index (χ4n) is 2.54. The summed E-state index contributed by atoms with van der Waals surface area (Å²) in [6.45, 7) is 6.35. The summed E-state index contributed by atoms with van der Waals surface area (Å²) in [4.78, 5) is 0. The molecular weight excluding hydrogens is 282 g/mol. The number of aryl methyl sites for hydroxylation is 2. The van der Waals surface area contributed by atoms with Crippen molar-refractivity contribution in [1.82, 2.24) is 10.2 Å². The lowest BCUT2D eigenvalue weighted by Crippen LogP contribution is -2.07. The number of para-hydroxylation sites is 1. The van der Waals surface area contributed by atoms with Gasteiger partial charge in [-0.2, -0.15) is 0 Å². The molecule has 3 rings (SSSR count). The molecule has 3 aromatic rings. The maximum absolute atomic E-state index is 6.05. The van der Waals surface area contributed by atoms with Gasteiger partial charge in [0, 0.05) is 10.9 Å². The lowest BCUT2D eigenvalue weighted by molar-refractivity contribution is 0.519. The lowest BCUT2D eigenvalue weighted by Gasteiger charge is -2.11. The van der Waals surface area contributed by atoms with Gasteiger partial charge in [0.1, 0.15) is 16.4 Å². The standard InChI is InChI=1S/C16H19N3OS/c1-4-11-12-8-6-7-9-13(12)20-15(11)10(3)17-16-19-18-14(5-2)21-16/h6-10H,4-5H2,1-3H3,(H,17,19). The van der Waals surface area contributed by atoms with E-state index in [-0.39, 0.29) is 6.04 Å². The van der Waals surface area contributed by atoms with E-state index in [0.29, 0.717) is 0 Å². The first-order chi connectivity index (χ1) is 10.2. The summed E-state index contributed by atoms with van der Waals surface area (Å²) in [5.41, 5.74) is 2.22. The smallest absolute Gasteiger partial charge is 0.206 e. The fraction of sp³-hybridized carbons (Fsp3) is 0.375. The van der Waals surface area contributed by atoms with Crippen LogP contribution in [0, 0.1) is 0 Å². The second-order valence-electron chi connectivity index (χ2n) is 5.02. The Morgan fingerprint density at radius 3 is 2.71 bits per heavy atom. The molecule has 0 amide bonds. The molecule has 0 aliphatic heterocycles. The molecule has 0 saturated heterocycles. The molecule has 0 saturated carbocycles. The summed E-state index contributed by atoms with van der Waals surface area (Å²) in [5, 5.41) is 14.8. The zero-order chi connectivity index (χ0) is 14.8. The maximum atomic E-state index is 6.05. The first kappa shape index (κ1) is 14.1. The van der Waals surface area contributed by atoms with Crippen molar-refractivity contribution in [3.63, 3.8) is 0 Å². The third-order valence-electron chi connectivity index (χ3n) is 3.59. The second kappa shape index (κ2) is 5.85. The van der Waals surface area contributed by atoms with Gasteiger partial charge in [0.2, 0.25) is 5.13 Å². The summed E-state index contributed by atoms with van der Waals surface area (Å²) in [7, 11) is 0. The van der Waals surface area contributed by atoms with Gasteiger partial charge in [-0.05, 0) is 25.8 Å². The first-order valence-corrected chi connectivity index (χ1v) is 8.13. The first-order valence-electron chi connectivity index (χ1n) is 7.32. The van der Waals surface area contributed by atoms with Crippen molar-refractivity contribution in [2.45, 2.75) is 39.7 Å². The second-order valence-corrected chi connectivity index (χ2v) is 6.08. The van der Waals surface area contributed by atoms with Gasteiger partial charge in [-0.1, -0.05) is 43.4 Å². The zero-order valence-corrected chi connectivity index (χ0v) is 13.3. The van der Waals surface area contributed by atoms with Gasteiger partial charge in [-0.25, -0.2) is 0 Å². The highest BCUT2D eigenvalue weighted by atomic mass is 32.1. The number of furan rings is 1. The summed E-state index contributed by atoms with van der Waals surface area (Å²) < 4.78 is 6.05. The van der Waals surface area contributed by atoms with Gasteiger partial charge < -0.3 is 9.73 Å². The summed E-state index contributed by atoms with van der Waals surface area (Å²) >= 11 is 1.60. The number of fused-ring (bicyclic) bond motifs is 1. The highest BCUT2D eigenvalue weighted by Gasteiger charge is 2.19. The third kappa shape index (κ3) is 2.65. The third-order valence-corrected chi connectivity index (χ3v) is 4.58. The zero-order valence-electron chi connectivity index (χ0n) is 12.5. The van der Waals surface area contributed by atoms with E-state index in [0.717, 1.165) is 34.3 Å². The molecule has 2 heterocycles. The predicted molar refractivity (Wildman–Crippen MR) is 86.9 cm³/mol. The van der Waals surface area contributed by atoms with Gasteiger partial charge in [-0.15, -0.1) is 10.2 Å². The normalized spacial score (nSPS) is 12.7. The molecule has 1 N–H and O–H groups in total. The molecule has 0 aliphatic carbocycles. The van der Waals surface area contributed by atoms with Crippen molar-refractivity contribution in [3.8, 4) is 0 Å². The average Bonchev–Trinajstić information content (AvgIpc) is 3.10. The Bertz CT molecular complexity index is 747. The minimum absolute atomic E-state index is 0.0741. The molecule has 0 bridgehead atoms. The van der Waals surface area contributed by atoms with Crippen molar-refractivity contribution in [3.05, 3.63) is 40.6 Å². The van der Waals surface area contributed by atoms with E-state index >= 15 is 0 Å². The highest BCUT2D eigenvalue weighted by molar-refractivity contribution is 7.15. The molecule has 4 nitrogen and oxygen atoms in total. The summed E-state index contributed by atoms with van der Waals surface area (Å²) in [6.07, 6.45) is 1.87. The Morgan fingerprint density at radius 2 is 2.00 bits per heavy atom. The van der Waals surface area contributed by atoms with Crippen molar-refractivity contribution in [1.29, 1.82) is 0 Å². The van der Waals surface area contributed by atoms with Crippen LogP contribution in [0.25, 0.3) is 11.0 Å². The molecule has 110 valence electrons. The van der Waals surface area contributed by atoms with Crippen LogP contribution in [0.1, 0.15) is 43.1 Å². The van der Waals surface area contributed by atoms with Crippen LogP contribution >= 0.6 is 11.3 Å². The van der Waals surface area contributed by atoms with Gasteiger partial charge in [0.15, 0.2) is 0 Å². The predicted octanol–water partition coefficient (Wildman–Crippen LogP) is 4.58. The molecule has 0 aliphatic rings. The molecule has 21 heavy (non-hydrogen) atoms. The van der Waals surface area contributed by atoms with Gasteiger partial charge in [0.25, 0.3) is 0 Å². The van der Waals surface area contributed by atoms with Gasteiger partial charge >= 0.3 is 0 Å². The van der Waals surface area contributed by atoms with Crippen LogP contribution < -0.4 is 5.32 Å². The van der Waals surface area contributed by atoms with Gasteiger partial charge in [0.05, 0.1) is 6.04 Å². The number of aromatic nitrogens is 2. The Labute approximate surface area is 128 Å². The van der Waals surface area contributed by atoms with E-state index in [1.54, 1.807) is 11.3 Å². The topological polar surface area (TPSA) is 51.0 Å². The quantitative estimate of drug-likeness (QED) is 0.749. The van der Waals surface area contributed by atoms with E-state index in [9.17, 15) is 0 Å². The van der Waals surface area contributed by atoms with Crippen LogP contribution in [0.3, 0.4) is 0 Å². The molecule has 1 unspecified atom stereocenters. The number of nitrogens with zero attached hydrogens (tertiary/aromatic N) is 2. The largest absolute Gasteiger partial charge is 0.459 e. The SMILES string of the molecule is CCc1nnc(NC(C)c2oc3ccccc3c2CC)s1. The molecule has 5 heteroatoms. The minimum atomic E-state index is 0.0741. The molecule has 2 aromatic heterocycles. The van der Waals surface area contributed by atoms with Crippen LogP contribution in [-0.2, 0) is 12.8 Å². The van der Waals surface area contributed by atoms with E-state index in [1.807, 2.05) is 12.1 Å². The van der Waals surface area contributed by atoms with Crippen molar-refractivity contribution in [2.24, 2.45) is 0 Å². The fourth-order valence-corrected chi connectivity index (χ4v) is 3.30. The molecule has 0 fully saturated rings. The molecular formula is C16H19N3OS. The molecule has 0 spiro atoms. The van der Waals surface area contributed by atoms with Crippen LogP contribution in [0.4, 0.5) is 5.13 Å². The molecule has 1 atom stereocenters. The number of rotatable bonds is 5. The van der Waals surface area contributed by atoms with Crippen LogP contribution in [0.2, 0.25) is 0 Å². The van der Waals surface area contributed by atoms with E-state index in [2.05, 4.69) is 48.4 Å². The van der Waals surface area contributed by atoms with Crippen LogP contribution in [-0.4, -0.2) is 10.2 Å². The summed E-state index contributed by atoms with van der Waals surface area (Å²) in [6, 6.07) is 8.27. The Morgan fingerprint density at radius 1 is 1.19 bits per heavy atom. The van der Waals surface area contributed by atoms with Crippen molar-refractivity contribution >= 4 is 27.4 Å². The Kier molecular flexibility index (Phi) is 3.92. The minimum Gasteiger partial charge on any atom is -0.459 e. The van der Waals surface area contributed by atoms with E-state index in [1.165, 1.54) is 10.9 Å². The number of hydrogen-bond acceptors (Lipinski definition) is 5. The number of benzene rings is 1. The molecule has 0 radical (unpaired) electrons. The van der Waals surface area contributed by atoms with Crippen molar-refractivity contribution < 1.29 is 4.42 Å². The lowest BCUT2D eigenvalue weighted by atomic mass is 10.1. The van der Waals surface area contributed by atoms with Crippen molar-refractivity contribution in [2.75, 3.05) is 5.32 Å². The van der Waals surface area contributed by atoms with E-state index in [4.69, 9.17) is 4.42 Å². The van der Waals surface area contributed by atoms with Crippen LogP contribution in [0.15, 0.2) is 28.7 Å². The maximum Gasteiger partial charge on any atom is 0.206 e. The number of hydrogen-bond donors (Lipinski definition) is 1. The monoisotopic (exact) mass is 301 g/mol. The number of nitrogens with one attached hydrogen (secondary N) is 1. The highest BCUT2D eigenvalue weighted by Crippen LogP contribution is 2.32. The van der Waals surface area contributed by atoms with Gasteiger partial charge in [-0.3, -0.25) is 0 Å². The van der Waals surface area contributed by atoms with Crippen LogP contribution in [0.5, 0.6) is 0 Å². The Balaban J connectivity index is 1.91. The average molecular weight is 301 g/mol. The molecule has 1 aromatic carbocycles. The number of anilines is 1.